The SMILES string of the molecule is [CH2]=[Al][NH]c1ccc(C(=O)OC)cc1N. The Balaban J connectivity index is 2.99. The van der Waals surface area contributed by atoms with E-state index < -0.39 is 0 Å². The molecule has 0 fully saturated rings. The van der Waals surface area contributed by atoms with Crippen molar-refractivity contribution in [2.75, 3.05) is 17.1 Å². The molecule has 0 aliphatic carbocycles. The van der Waals surface area contributed by atoms with Gasteiger partial charge in [0, 0.05) is 0 Å². The van der Waals surface area contributed by atoms with Gasteiger partial charge in [-0.2, -0.15) is 0 Å². The van der Waals surface area contributed by atoms with Crippen molar-refractivity contribution < 1.29 is 9.53 Å². The van der Waals surface area contributed by atoms with Gasteiger partial charge in [0.05, 0.1) is 0 Å². The van der Waals surface area contributed by atoms with E-state index in [9.17, 15) is 4.79 Å². The molecule has 0 aromatic heterocycles. The van der Waals surface area contributed by atoms with Crippen LogP contribution in [0.25, 0.3) is 0 Å². The molecule has 14 heavy (non-hydrogen) atoms. The number of anilines is 2. The Hall–Kier alpha value is -1.31. The number of nitrogens with one attached hydrogen (secondary N) is 1. The quantitative estimate of drug-likeness (QED) is 0.430. The van der Waals surface area contributed by atoms with Crippen LogP contribution in [0.1, 0.15) is 10.4 Å². The molecule has 0 aliphatic rings. The van der Waals surface area contributed by atoms with E-state index in [0.29, 0.717) is 11.3 Å². The standard InChI is InChI=1S/C8H10N2O2.CH2.Al/c1-12-8(11)5-2-3-6(9)7(10)4-5;;/h2-4H,10H2,1H3,(H2,9,11);1H2;/q;;+1/p-1. The van der Waals surface area contributed by atoms with Gasteiger partial charge in [-0.15, -0.1) is 0 Å². The van der Waals surface area contributed by atoms with E-state index in [0.717, 1.165) is 5.69 Å². The van der Waals surface area contributed by atoms with Gasteiger partial charge in [0.25, 0.3) is 0 Å². The second-order valence-electron chi connectivity index (χ2n) is 2.64. The zero-order chi connectivity index (χ0) is 10.6. The van der Waals surface area contributed by atoms with Gasteiger partial charge in [0.2, 0.25) is 0 Å². The van der Waals surface area contributed by atoms with E-state index in [4.69, 9.17) is 5.73 Å². The first-order valence-corrected chi connectivity index (χ1v) is 5.43. The van der Waals surface area contributed by atoms with Crippen molar-refractivity contribution in [1.82, 2.24) is 0 Å². The van der Waals surface area contributed by atoms with Gasteiger partial charge in [-0.3, -0.25) is 0 Å². The van der Waals surface area contributed by atoms with Gasteiger partial charge in [-0.05, 0) is 0 Å². The number of carbonyl (C=O) groups excluding carboxylic acids is 1. The second-order valence-corrected chi connectivity index (χ2v) is 3.34. The Labute approximate surface area is 88.5 Å². The molecule has 0 aliphatic heterocycles. The maximum atomic E-state index is 11.1. The number of carbonyl (C=O) groups is 1. The molecule has 4 nitrogen and oxygen atoms in total. The Morgan fingerprint density at radius 1 is 1.64 bits per heavy atom. The molecule has 0 amide bonds. The summed E-state index contributed by atoms with van der Waals surface area (Å²) in [6, 6.07) is 5.00. The number of benzene rings is 1. The molecule has 0 saturated heterocycles. The molecule has 0 saturated carbocycles. The predicted molar refractivity (Wildman–Crippen MR) is 58.7 cm³/mol. The van der Waals surface area contributed by atoms with Gasteiger partial charge in [0.15, 0.2) is 0 Å². The molecule has 1 aromatic carbocycles. The topological polar surface area (TPSA) is 64.3 Å². The summed E-state index contributed by atoms with van der Waals surface area (Å²) in [5.74, 6) is -0.384. The number of methoxy groups -OCH3 is 1. The number of nitrogens with two attached hydrogens (primary N) is 1. The summed E-state index contributed by atoms with van der Waals surface area (Å²) in [5.41, 5.74) is 7.51. The Morgan fingerprint density at radius 3 is 2.86 bits per heavy atom. The summed E-state index contributed by atoms with van der Waals surface area (Å²) in [5, 5.41) is 3.72. The average molecular weight is 206 g/mol. The van der Waals surface area contributed by atoms with Crippen molar-refractivity contribution in [2.45, 2.75) is 0 Å². The fourth-order valence-corrected chi connectivity index (χ4v) is 1.53. The first-order chi connectivity index (χ1) is 6.69. The third kappa shape index (κ3) is 2.35. The number of esters is 1. The number of hydrogen-bond donors (Lipinski definition) is 2. The zero-order valence-electron chi connectivity index (χ0n) is 7.91. The van der Waals surface area contributed by atoms with Gasteiger partial charge >= 0.3 is 88.2 Å². The van der Waals surface area contributed by atoms with Crippen LogP contribution in [-0.4, -0.2) is 33.5 Å². The summed E-state index contributed by atoms with van der Waals surface area (Å²) >= 11 is -0.106. The van der Waals surface area contributed by atoms with E-state index in [-0.39, 0.29) is 21.0 Å². The van der Waals surface area contributed by atoms with Crippen LogP contribution in [0.3, 0.4) is 0 Å². The van der Waals surface area contributed by atoms with Crippen LogP contribution in [0.5, 0.6) is 0 Å². The van der Waals surface area contributed by atoms with Crippen LogP contribution in [0.15, 0.2) is 18.2 Å². The first kappa shape index (κ1) is 10.8. The summed E-state index contributed by atoms with van der Waals surface area (Å²) in [6.07, 6.45) is 0. The summed E-state index contributed by atoms with van der Waals surface area (Å²) < 4.78 is 7.62. The summed E-state index contributed by atoms with van der Waals surface area (Å²) in [6.45, 7) is 0. The van der Waals surface area contributed by atoms with Crippen molar-refractivity contribution in [3.05, 3.63) is 23.8 Å². The van der Waals surface area contributed by atoms with Crippen molar-refractivity contribution >= 4 is 37.7 Å². The van der Waals surface area contributed by atoms with Gasteiger partial charge in [0.1, 0.15) is 0 Å². The van der Waals surface area contributed by atoms with Crippen LogP contribution in [0.4, 0.5) is 11.4 Å². The van der Waals surface area contributed by atoms with Crippen LogP contribution >= 0.6 is 0 Å². The molecular formula is C9H11AlN2O2. The molecule has 0 heterocycles. The van der Waals surface area contributed by atoms with E-state index >= 15 is 0 Å². The first-order valence-electron chi connectivity index (χ1n) is 4.04. The molecule has 0 bridgehead atoms. The second kappa shape index (κ2) is 4.80. The van der Waals surface area contributed by atoms with E-state index in [2.05, 4.69) is 14.4 Å². The molecule has 0 spiro atoms. The normalized spacial score (nSPS) is 8.93. The van der Waals surface area contributed by atoms with E-state index in [1.165, 1.54) is 7.11 Å². The zero-order valence-corrected chi connectivity index (χ0v) is 9.07. The third-order valence-electron chi connectivity index (χ3n) is 1.73. The van der Waals surface area contributed by atoms with Crippen molar-refractivity contribution in [3.63, 3.8) is 0 Å². The number of hydrogen-bond acceptors (Lipinski definition) is 4. The third-order valence-corrected chi connectivity index (χ3v) is 2.25. The van der Waals surface area contributed by atoms with E-state index in [1.807, 2.05) is 0 Å². The van der Waals surface area contributed by atoms with Crippen LogP contribution in [0.2, 0.25) is 0 Å². The fraction of sp³-hybridized carbons (Fsp3) is 0.111. The number of ether oxygens (including phenoxy) is 1. The fourth-order valence-electron chi connectivity index (χ4n) is 1.05. The molecule has 3 N–H and O–H groups in total. The average Bonchev–Trinajstić information content (AvgIpc) is 2.20. The molecular weight excluding hydrogens is 195 g/mol. The van der Waals surface area contributed by atoms with Crippen molar-refractivity contribution in [2.24, 2.45) is 0 Å². The monoisotopic (exact) mass is 206 g/mol. The van der Waals surface area contributed by atoms with Crippen molar-refractivity contribution in [3.8, 4) is 0 Å². The molecule has 0 atom stereocenters. The minimum atomic E-state index is -0.384. The molecule has 0 radical (unpaired) electrons. The molecule has 0 unspecified atom stereocenters. The molecule has 72 valence electrons. The number of rotatable bonds is 3. The van der Waals surface area contributed by atoms with Crippen LogP contribution < -0.4 is 10.0 Å². The van der Waals surface area contributed by atoms with Crippen LogP contribution in [-0.2, 0) is 4.74 Å². The summed E-state index contributed by atoms with van der Waals surface area (Å²) in [4.78, 5) is 11.1. The molecule has 1 aromatic rings. The molecule has 1 rings (SSSR count). The van der Waals surface area contributed by atoms with Gasteiger partial charge < -0.3 is 0 Å². The van der Waals surface area contributed by atoms with Crippen LogP contribution in [0, 0.1) is 0 Å². The predicted octanol–water partition coefficient (Wildman–Crippen LogP) is 0.518. The van der Waals surface area contributed by atoms with Gasteiger partial charge in [-0.1, -0.05) is 0 Å². The Morgan fingerprint density at radius 2 is 2.36 bits per heavy atom. The minimum absolute atomic E-state index is 0.106. The summed E-state index contributed by atoms with van der Waals surface area (Å²) in [7, 11) is 1.34. The van der Waals surface area contributed by atoms with Crippen molar-refractivity contribution in [1.29, 1.82) is 0 Å². The maximum absolute atomic E-state index is 11.1. The van der Waals surface area contributed by atoms with E-state index in [1.54, 1.807) is 18.2 Å². The van der Waals surface area contributed by atoms with Gasteiger partial charge in [-0.25, -0.2) is 0 Å². The Bertz CT molecular complexity index is 366. The Kier molecular flexibility index (Phi) is 3.69. The number of nitrogen functional groups attached to an aromatic ring is 1. The molecule has 5 heteroatoms.